The van der Waals surface area contributed by atoms with Gasteiger partial charge in [-0.15, -0.1) is 0 Å². The van der Waals surface area contributed by atoms with E-state index in [1.165, 1.54) is 0 Å². The standard InChI is InChI=1S/C4H10BNO3/c7-5(8)9-4-3-6-1-2-6/h7-8H,1-4H2. The minimum atomic E-state index is -1.61. The van der Waals surface area contributed by atoms with Crippen molar-refractivity contribution in [2.45, 2.75) is 0 Å². The lowest BCUT2D eigenvalue weighted by Gasteiger charge is -2.00. The third-order valence-corrected chi connectivity index (χ3v) is 1.21. The van der Waals surface area contributed by atoms with Crippen LogP contribution in [-0.2, 0) is 4.65 Å². The van der Waals surface area contributed by atoms with Crippen LogP contribution >= 0.6 is 0 Å². The molecule has 0 radical (unpaired) electrons. The van der Waals surface area contributed by atoms with Gasteiger partial charge in [0.15, 0.2) is 0 Å². The van der Waals surface area contributed by atoms with Crippen molar-refractivity contribution < 1.29 is 14.7 Å². The molecule has 1 rings (SSSR count). The van der Waals surface area contributed by atoms with Gasteiger partial charge in [-0.2, -0.15) is 0 Å². The Hall–Kier alpha value is -0.0951. The lowest BCUT2D eigenvalue weighted by Crippen LogP contribution is -2.21. The van der Waals surface area contributed by atoms with Crippen molar-refractivity contribution in [1.82, 2.24) is 4.90 Å². The van der Waals surface area contributed by atoms with E-state index >= 15 is 0 Å². The lowest BCUT2D eigenvalue weighted by molar-refractivity contribution is 0.178. The quantitative estimate of drug-likeness (QED) is 0.352. The Kier molecular flexibility index (Phi) is 2.47. The SMILES string of the molecule is OB(O)OCCN1CC1. The Labute approximate surface area is 54.2 Å². The molecule has 0 atom stereocenters. The summed E-state index contributed by atoms with van der Waals surface area (Å²) in [5.74, 6) is 0. The zero-order valence-electron chi connectivity index (χ0n) is 5.16. The average molecular weight is 131 g/mol. The van der Waals surface area contributed by atoms with E-state index in [9.17, 15) is 0 Å². The Morgan fingerprint density at radius 2 is 2.11 bits per heavy atom. The number of rotatable bonds is 4. The molecule has 1 fully saturated rings. The summed E-state index contributed by atoms with van der Waals surface area (Å²) >= 11 is 0. The summed E-state index contributed by atoms with van der Waals surface area (Å²) in [5.41, 5.74) is 0. The number of hydrogen-bond donors (Lipinski definition) is 2. The first-order chi connectivity index (χ1) is 4.29. The van der Waals surface area contributed by atoms with Gasteiger partial charge in [0.25, 0.3) is 0 Å². The predicted molar refractivity (Wildman–Crippen MR) is 32.6 cm³/mol. The molecule has 5 heteroatoms. The van der Waals surface area contributed by atoms with E-state index in [1.807, 2.05) is 0 Å². The van der Waals surface area contributed by atoms with Crippen LogP contribution in [0.2, 0.25) is 0 Å². The molecule has 1 saturated heterocycles. The van der Waals surface area contributed by atoms with Crippen LogP contribution in [0.15, 0.2) is 0 Å². The second kappa shape index (κ2) is 3.17. The van der Waals surface area contributed by atoms with Crippen LogP contribution in [-0.4, -0.2) is 48.5 Å². The number of nitrogens with zero attached hydrogens (tertiary/aromatic N) is 1. The molecule has 9 heavy (non-hydrogen) atoms. The highest BCUT2D eigenvalue weighted by atomic mass is 16.6. The van der Waals surface area contributed by atoms with Gasteiger partial charge in [-0.25, -0.2) is 0 Å². The van der Waals surface area contributed by atoms with Crippen molar-refractivity contribution in [3.8, 4) is 0 Å². The van der Waals surface area contributed by atoms with Gasteiger partial charge >= 0.3 is 7.32 Å². The summed E-state index contributed by atoms with van der Waals surface area (Å²) < 4.78 is 4.46. The minimum Gasteiger partial charge on any atom is -0.402 e. The lowest BCUT2D eigenvalue weighted by atomic mass is 10.3. The predicted octanol–water partition coefficient (Wildman–Crippen LogP) is -1.71. The molecule has 0 unspecified atom stereocenters. The smallest absolute Gasteiger partial charge is 0.402 e. The van der Waals surface area contributed by atoms with Crippen LogP contribution in [0.25, 0.3) is 0 Å². The summed E-state index contributed by atoms with van der Waals surface area (Å²) in [7, 11) is -1.61. The molecule has 0 aliphatic carbocycles. The van der Waals surface area contributed by atoms with E-state index in [4.69, 9.17) is 10.0 Å². The monoisotopic (exact) mass is 131 g/mol. The Balaban J connectivity index is 1.81. The van der Waals surface area contributed by atoms with Gasteiger partial charge in [-0.1, -0.05) is 0 Å². The van der Waals surface area contributed by atoms with Crippen LogP contribution in [0.3, 0.4) is 0 Å². The first-order valence-electron chi connectivity index (χ1n) is 2.99. The van der Waals surface area contributed by atoms with Crippen LogP contribution in [0.1, 0.15) is 0 Å². The summed E-state index contributed by atoms with van der Waals surface area (Å²) in [5, 5.41) is 16.4. The fourth-order valence-corrected chi connectivity index (χ4v) is 0.582. The van der Waals surface area contributed by atoms with Gasteiger partial charge in [0.1, 0.15) is 0 Å². The molecular weight excluding hydrogens is 121 g/mol. The zero-order valence-corrected chi connectivity index (χ0v) is 5.16. The van der Waals surface area contributed by atoms with Crippen molar-refractivity contribution >= 4 is 7.32 Å². The van der Waals surface area contributed by atoms with Gasteiger partial charge in [-0.3, -0.25) is 4.90 Å². The van der Waals surface area contributed by atoms with E-state index in [1.54, 1.807) is 0 Å². The molecule has 2 N–H and O–H groups in total. The van der Waals surface area contributed by atoms with E-state index in [0.29, 0.717) is 6.61 Å². The Morgan fingerprint density at radius 3 is 2.56 bits per heavy atom. The van der Waals surface area contributed by atoms with Gasteiger partial charge in [0.05, 0.1) is 0 Å². The third kappa shape index (κ3) is 3.48. The molecule has 0 amide bonds. The summed E-state index contributed by atoms with van der Waals surface area (Å²) in [4.78, 5) is 2.14. The maximum atomic E-state index is 8.20. The molecule has 0 aromatic heterocycles. The topological polar surface area (TPSA) is 52.7 Å². The molecule has 1 aliphatic heterocycles. The maximum Gasteiger partial charge on any atom is 0.633 e. The van der Waals surface area contributed by atoms with Gasteiger partial charge in [0.2, 0.25) is 0 Å². The molecule has 0 saturated carbocycles. The molecule has 0 aromatic rings. The summed E-state index contributed by atoms with van der Waals surface area (Å²) in [6.45, 7) is 3.44. The maximum absolute atomic E-state index is 8.20. The molecule has 0 bridgehead atoms. The van der Waals surface area contributed by atoms with Crippen molar-refractivity contribution in [1.29, 1.82) is 0 Å². The van der Waals surface area contributed by atoms with Crippen LogP contribution < -0.4 is 0 Å². The van der Waals surface area contributed by atoms with Crippen molar-refractivity contribution in [3.63, 3.8) is 0 Å². The van der Waals surface area contributed by atoms with Gasteiger partial charge in [-0.05, 0) is 0 Å². The van der Waals surface area contributed by atoms with E-state index in [0.717, 1.165) is 19.6 Å². The first-order valence-corrected chi connectivity index (χ1v) is 2.99. The average Bonchev–Trinajstić information content (AvgIpc) is 2.48. The molecular formula is C4H10BNO3. The molecule has 1 heterocycles. The van der Waals surface area contributed by atoms with Crippen molar-refractivity contribution in [3.05, 3.63) is 0 Å². The second-order valence-corrected chi connectivity index (χ2v) is 2.04. The summed E-state index contributed by atoms with van der Waals surface area (Å²) in [6, 6.07) is 0. The molecule has 4 nitrogen and oxygen atoms in total. The normalized spacial score (nSPS) is 18.0. The Morgan fingerprint density at radius 1 is 1.44 bits per heavy atom. The molecule has 0 aromatic carbocycles. The third-order valence-electron chi connectivity index (χ3n) is 1.21. The van der Waals surface area contributed by atoms with Gasteiger partial charge in [0, 0.05) is 26.2 Å². The molecule has 1 aliphatic rings. The highest BCUT2D eigenvalue weighted by Crippen LogP contribution is 2.00. The van der Waals surface area contributed by atoms with E-state index < -0.39 is 7.32 Å². The van der Waals surface area contributed by atoms with Crippen LogP contribution in [0.4, 0.5) is 0 Å². The van der Waals surface area contributed by atoms with Crippen LogP contribution in [0.5, 0.6) is 0 Å². The minimum absolute atomic E-state index is 0.400. The number of hydrogen-bond acceptors (Lipinski definition) is 4. The van der Waals surface area contributed by atoms with Crippen molar-refractivity contribution in [2.24, 2.45) is 0 Å². The first kappa shape index (κ1) is 7.02. The molecule has 52 valence electrons. The largest absolute Gasteiger partial charge is 0.633 e. The van der Waals surface area contributed by atoms with E-state index in [-0.39, 0.29) is 0 Å². The zero-order chi connectivity index (χ0) is 6.69. The van der Waals surface area contributed by atoms with Gasteiger partial charge < -0.3 is 14.7 Å². The van der Waals surface area contributed by atoms with Crippen molar-refractivity contribution in [2.75, 3.05) is 26.2 Å². The molecule has 0 spiro atoms. The second-order valence-electron chi connectivity index (χ2n) is 2.04. The highest BCUT2D eigenvalue weighted by Gasteiger charge is 2.17. The van der Waals surface area contributed by atoms with E-state index in [2.05, 4.69) is 9.55 Å². The van der Waals surface area contributed by atoms with Crippen LogP contribution in [0, 0.1) is 0 Å². The Bertz CT molecular complexity index is 83.9. The highest BCUT2D eigenvalue weighted by molar-refractivity contribution is 6.32. The fraction of sp³-hybridized carbons (Fsp3) is 1.00. The summed E-state index contributed by atoms with van der Waals surface area (Å²) in [6.07, 6.45) is 0. The fourth-order valence-electron chi connectivity index (χ4n) is 0.582.